The topological polar surface area (TPSA) is 55.1 Å². The molecule has 3 nitrogen and oxygen atoms in total. The van der Waals surface area contributed by atoms with Crippen molar-refractivity contribution in [3.8, 4) is 0 Å². The molecule has 106 valence electrons. The first-order chi connectivity index (χ1) is 8.36. The van der Waals surface area contributed by atoms with Gasteiger partial charge in [-0.25, -0.2) is 0 Å². The molecule has 3 N–H and O–H groups in total. The van der Waals surface area contributed by atoms with Gasteiger partial charge in [0.25, 0.3) is 0 Å². The molecule has 0 aliphatic heterocycles. The molecular weight excluding hydrogens is 224 g/mol. The molecule has 3 heteroatoms. The Hall–Kier alpha value is -0.570. The second-order valence-corrected chi connectivity index (χ2v) is 6.79. The zero-order chi connectivity index (χ0) is 13.8. The minimum Gasteiger partial charge on any atom is -0.354 e. The van der Waals surface area contributed by atoms with Gasteiger partial charge in [0.1, 0.15) is 0 Å². The fourth-order valence-corrected chi connectivity index (χ4v) is 3.14. The lowest BCUT2D eigenvalue weighted by molar-refractivity contribution is -0.123. The molecule has 0 unspecified atom stereocenters. The number of carbonyl (C=O) groups excluding carboxylic acids is 1. The molecule has 0 aromatic rings. The normalized spacial score (nSPS) is 20.4. The molecule has 1 aliphatic rings. The van der Waals surface area contributed by atoms with Gasteiger partial charge in [0.15, 0.2) is 0 Å². The van der Waals surface area contributed by atoms with Crippen molar-refractivity contribution in [2.75, 3.05) is 6.54 Å². The van der Waals surface area contributed by atoms with Crippen molar-refractivity contribution in [2.45, 2.75) is 65.8 Å². The minimum absolute atomic E-state index is 0.0139. The van der Waals surface area contributed by atoms with Crippen LogP contribution < -0.4 is 11.1 Å². The Morgan fingerprint density at radius 3 is 2.22 bits per heavy atom. The Bertz CT molecular complexity index is 268. The van der Waals surface area contributed by atoms with Gasteiger partial charge in [-0.05, 0) is 36.5 Å². The molecule has 1 aliphatic carbocycles. The van der Waals surface area contributed by atoms with Gasteiger partial charge in [0, 0.05) is 6.54 Å². The first-order valence-electron chi connectivity index (χ1n) is 7.39. The summed E-state index contributed by atoms with van der Waals surface area (Å²) < 4.78 is 0. The Labute approximate surface area is 112 Å². The van der Waals surface area contributed by atoms with Gasteiger partial charge in [0.2, 0.25) is 5.91 Å². The summed E-state index contributed by atoms with van der Waals surface area (Å²) in [5.74, 6) is 0.911. The van der Waals surface area contributed by atoms with E-state index in [2.05, 4.69) is 19.2 Å². The SMILES string of the molecule is CC(C)CC1(CNC(=O)[C@@H](N)C(C)C)CCCC1. The highest BCUT2D eigenvalue weighted by Gasteiger charge is 2.35. The molecular formula is C15H30N2O. The fourth-order valence-electron chi connectivity index (χ4n) is 3.14. The maximum absolute atomic E-state index is 11.9. The third-order valence-corrected chi connectivity index (χ3v) is 4.16. The Morgan fingerprint density at radius 1 is 1.22 bits per heavy atom. The lowest BCUT2D eigenvalue weighted by atomic mass is 9.78. The van der Waals surface area contributed by atoms with Crippen LogP contribution in [0.3, 0.4) is 0 Å². The van der Waals surface area contributed by atoms with Gasteiger partial charge in [0.05, 0.1) is 6.04 Å². The molecule has 18 heavy (non-hydrogen) atoms. The predicted molar refractivity (Wildman–Crippen MR) is 76.2 cm³/mol. The molecule has 0 radical (unpaired) electrons. The van der Waals surface area contributed by atoms with E-state index in [4.69, 9.17) is 5.73 Å². The van der Waals surface area contributed by atoms with E-state index in [9.17, 15) is 4.79 Å². The average molecular weight is 254 g/mol. The van der Waals surface area contributed by atoms with Crippen LogP contribution in [0.15, 0.2) is 0 Å². The van der Waals surface area contributed by atoms with Gasteiger partial charge < -0.3 is 11.1 Å². The molecule has 0 aromatic carbocycles. The highest BCUT2D eigenvalue weighted by Crippen LogP contribution is 2.42. The summed E-state index contributed by atoms with van der Waals surface area (Å²) in [6.07, 6.45) is 6.33. The summed E-state index contributed by atoms with van der Waals surface area (Å²) in [6.45, 7) is 9.32. The van der Waals surface area contributed by atoms with Gasteiger partial charge in [-0.3, -0.25) is 4.79 Å². The van der Waals surface area contributed by atoms with Crippen molar-refractivity contribution in [3.63, 3.8) is 0 Å². The van der Waals surface area contributed by atoms with Crippen molar-refractivity contribution in [1.82, 2.24) is 5.32 Å². The third-order valence-electron chi connectivity index (χ3n) is 4.16. The van der Waals surface area contributed by atoms with Crippen molar-refractivity contribution >= 4 is 5.91 Å². The van der Waals surface area contributed by atoms with Crippen LogP contribution in [0.4, 0.5) is 0 Å². The van der Waals surface area contributed by atoms with E-state index in [0.29, 0.717) is 11.3 Å². The number of amides is 1. The van der Waals surface area contributed by atoms with Crippen LogP contribution in [0, 0.1) is 17.3 Å². The summed E-state index contributed by atoms with van der Waals surface area (Å²) in [5, 5.41) is 3.09. The Morgan fingerprint density at radius 2 is 1.78 bits per heavy atom. The largest absolute Gasteiger partial charge is 0.354 e. The summed E-state index contributed by atoms with van der Waals surface area (Å²) in [5.41, 5.74) is 6.21. The molecule has 1 atom stereocenters. The fraction of sp³-hybridized carbons (Fsp3) is 0.933. The van der Waals surface area contributed by atoms with Gasteiger partial charge in [-0.2, -0.15) is 0 Å². The van der Waals surface area contributed by atoms with E-state index in [0.717, 1.165) is 6.54 Å². The molecule has 0 saturated heterocycles. The number of carbonyl (C=O) groups is 1. The van der Waals surface area contributed by atoms with E-state index in [1.807, 2.05) is 13.8 Å². The van der Waals surface area contributed by atoms with E-state index in [1.165, 1.54) is 32.1 Å². The number of nitrogens with one attached hydrogen (secondary N) is 1. The summed E-state index contributed by atoms with van der Waals surface area (Å²) >= 11 is 0. The van der Waals surface area contributed by atoms with Gasteiger partial charge >= 0.3 is 0 Å². The van der Waals surface area contributed by atoms with Crippen molar-refractivity contribution in [3.05, 3.63) is 0 Å². The maximum atomic E-state index is 11.9. The first-order valence-corrected chi connectivity index (χ1v) is 7.39. The highest BCUT2D eigenvalue weighted by atomic mass is 16.2. The number of hydrogen-bond acceptors (Lipinski definition) is 2. The van der Waals surface area contributed by atoms with Crippen LogP contribution in [0.2, 0.25) is 0 Å². The molecule has 1 amide bonds. The predicted octanol–water partition coefficient (Wildman–Crippen LogP) is 2.69. The second-order valence-electron chi connectivity index (χ2n) is 6.79. The quantitative estimate of drug-likeness (QED) is 0.765. The number of hydrogen-bond donors (Lipinski definition) is 2. The number of rotatable bonds is 6. The van der Waals surface area contributed by atoms with Crippen LogP contribution in [0.5, 0.6) is 0 Å². The zero-order valence-electron chi connectivity index (χ0n) is 12.5. The van der Waals surface area contributed by atoms with Gasteiger partial charge in [-0.1, -0.05) is 40.5 Å². The third kappa shape index (κ3) is 4.27. The smallest absolute Gasteiger partial charge is 0.237 e. The number of nitrogens with two attached hydrogens (primary N) is 1. The van der Waals surface area contributed by atoms with Crippen molar-refractivity contribution in [1.29, 1.82) is 0 Å². The van der Waals surface area contributed by atoms with Gasteiger partial charge in [-0.15, -0.1) is 0 Å². The van der Waals surface area contributed by atoms with E-state index in [1.54, 1.807) is 0 Å². The van der Waals surface area contributed by atoms with E-state index >= 15 is 0 Å². The zero-order valence-corrected chi connectivity index (χ0v) is 12.5. The van der Waals surface area contributed by atoms with E-state index in [-0.39, 0.29) is 17.9 Å². The maximum Gasteiger partial charge on any atom is 0.237 e. The van der Waals surface area contributed by atoms with Crippen LogP contribution in [-0.4, -0.2) is 18.5 Å². The van der Waals surface area contributed by atoms with Crippen molar-refractivity contribution < 1.29 is 4.79 Å². The minimum atomic E-state index is -0.373. The summed E-state index contributed by atoms with van der Waals surface area (Å²) in [6, 6.07) is -0.373. The molecule has 1 rings (SSSR count). The molecule has 1 fully saturated rings. The lowest BCUT2D eigenvalue weighted by Gasteiger charge is -2.32. The standard InChI is InChI=1S/C15H30N2O/c1-11(2)9-15(7-5-6-8-15)10-17-14(18)13(16)12(3)4/h11-13H,5-10,16H2,1-4H3,(H,17,18)/t13-/m0/s1. The average Bonchev–Trinajstić information content (AvgIpc) is 2.72. The van der Waals surface area contributed by atoms with Crippen molar-refractivity contribution in [2.24, 2.45) is 23.0 Å². The molecule has 1 saturated carbocycles. The Kier molecular flexibility index (Phi) is 5.64. The molecule has 0 heterocycles. The molecule has 0 bridgehead atoms. The van der Waals surface area contributed by atoms with Crippen LogP contribution in [0.1, 0.15) is 59.8 Å². The van der Waals surface area contributed by atoms with Crippen LogP contribution >= 0.6 is 0 Å². The lowest BCUT2D eigenvalue weighted by Crippen LogP contribution is -2.47. The van der Waals surface area contributed by atoms with E-state index < -0.39 is 0 Å². The first kappa shape index (κ1) is 15.5. The summed E-state index contributed by atoms with van der Waals surface area (Å²) in [4.78, 5) is 11.9. The summed E-state index contributed by atoms with van der Waals surface area (Å²) in [7, 11) is 0. The molecule has 0 spiro atoms. The molecule has 0 aromatic heterocycles. The highest BCUT2D eigenvalue weighted by molar-refractivity contribution is 5.81. The Balaban J connectivity index is 2.50. The van der Waals surface area contributed by atoms with Crippen LogP contribution in [0.25, 0.3) is 0 Å². The monoisotopic (exact) mass is 254 g/mol. The van der Waals surface area contributed by atoms with Crippen LogP contribution in [-0.2, 0) is 4.79 Å². The second kappa shape index (κ2) is 6.55.